The van der Waals surface area contributed by atoms with Crippen LogP contribution in [0, 0.1) is 35.5 Å². The first-order chi connectivity index (χ1) is 10.8. The van der Waals surface area contributed by atoms with E-state index in [4.69, 9.17) is 5.11 Å². The lowest BCUT2D eigenvalue weighted by Crippen LogP contribution is -1.93. The van der Waals surface area contributed by atoms with E-state index in [1.54, 1.807) is 0 Å². The molecular formula is C20H28O2. The summed E-state index contributed by atoms with van der Waals surface area (Å²) in [6.07, 6.45) is 11.0. The van der Waals surface area contributed by atoms with Crippen LogP contribution in [0.2, 0.25) is 0 Å². The van der Waals surface area contributed by atoms with Crippen LogP contribution in [0.25, 0.3) is 0 Å². The van der Waals surface area contributed by atoms with Gasteiger partial charge in [0.2, 0.25) is 0 Å². The molecule has 0 fully saturated rings. The van der Waals surface area contributed by atoms with Gasteiger partial charge in [0.05, 0.1) is 12.8 Å². The van der Waals surface area contributed by atoms with E-state index in [9.17, 15) is 4.79 Å². The molecule has 1 N–H and O–H groups in total. The number of rotatable bonds is 9. The standard InChI is InChI=1S/C20H28O2/c1-2-3-4-5-6-7-8-9-10-11-12-13-14-15-16-17-18-19-20(21)22/h2-4,7,10,13-19H2,1H3,(H,21,22). The Balaban J connectivity index is 3.38. The normalized spacial score (nSPS) is 8.77. The minimum Gasteiger partial charge on any atom is -0.481 e. The highest BCUT2D eigenvalue weighted by Gasteiger charge is 1.95. The van der Waals surface area contributed by atoms with Crippen molar-refractivity contribution in [3.05, 3.63) is 0 Å². The lowest BCUT2D eigenvalue weighted by molar-refractivity contribution is -0.137. The molecule has 0 aliphatic carbocycles. The van der Waals surface area contributed by atoms with Gasteiger partial charge in [0.25, 0.3) is 0 Å². The highest BCUT2D eigenvalue weighted by Crippen LogP contribution is 2.06. The molecule has 0 aromatic heterocycles. The molecule has 0 aliphatic heterocycles. The van der Waals surface area contributed by atoms with Crippen LogP contribution in [-0.4, -0.2) is 11.1 Å². The summed E-state index contributed by atoms with van der Waals surface area (Å²) in [6, 6.07) is 0. The second kappa shape index (κ2) is 17.2. The lowest BCUT2D eigenvalue weighted by atomic mass is 10.1. The summed E-state index contributed by atoms with van der Waals surface area (Å²) in [7, 11) is 0. The molecular weight excluding hydrogens is 272 g/mol. The van der Waals surface area contributed by atoms with E-state index in [1.165, 1.54) is 12.8 Å². The van der Waals surface area contributed by atoms with Crippen LogP contribution < -0.4 is 0 Å². The van der Waals surface area contributed by atoms with Crippen LogP contribution in [0.3, 0.4) is 0 Å². The maximum absolute atomic E-state index is 10.3. The fourth-order valence-corrected chi connectivity index (χ4v) is 1.80. The van der Waals surface area contributed by atoms with Crippen molar-refractivity contribution in [3.8, 4) is 35.5 Å². The molecule has 0 aromatic carbocycles. The first kappa shape index (κ1) is 20.1. The SMILES string of the molecule is CCCCC#CCC#CCC#CCCCCCCCC(=O)O. The van der Waals surface area contributed by atoms with Gasteiger partial charge >= 0.3 is 5.97 Å². The highest BCUT2D eigenvalue weighted by atomic mass is 16.4. The number of carbonyl (C=O) groups is 1. The summed E-state index contributed by atoms with van der Waals surface area (Å²) < 4.78 is 0. The Labute approximate surface area is 136 Å². The molecule has 22 heavy (non-hydrogen) atoms. The number of carboxylic acids is 1. The maximum atomic E-state index is 10.3. The topological polar surface area (TPSA) is 37.3 Å². The van der Waals surface area contributed by atoms with Gasteiger partial charge in [-0.05, 0) is 19.3 Å². The Morgan fingerprint density at radius 1 is 0.727 bits per heavy atom. The average molecular weight is 300 g/mol. The number of aliphatic carboxylic acids is 1. The molecule has 0 rings (SSSR count). The van der Waals surface area contributed by atoms with Crippen molar-refractivity contribution in [3.63, 3.8) is 0 Å². The fraction of sp³-hybridized carbons (Fsp3) is 0.650. The second-order valence-electron chi connectivity index (χ2n) is 5.18. The van der Waals surface area contributed by atoms with Gasteiger partial charge in [-0.1, -0.05) is 56.3 Å². The van der Waals surface area contributed by atoms with Crippen molar-refractivity contribution >= 4 is 5.97 Å². The predicted molar refractivity (Wildman–Crippen MR) is 92.0 cm³/mol. The number of hydrogen-bond donors (Lipinski definition) is 1. The zero-order valence-corrected chi connectivity index (χ0v) is 13.8. The number of unbranched alkanes of at least 4 members (excludes halogenated alkanes) is 7. The highest BCUT2D eigenvalue weighted by molar-refractivity contribution is 5.66. The van der Waals surface area contributed by atoms with Crippen LogP contribution in [0.15, 0.2) is 0 Å². The Hall–Kier alpha value is -1.85. The summed E-state index contributed by atoms with van der Waals surface area (Å²) in [5, 5.41) is 8.50. The Bertz CT molecular complexity index is 457. The van der Waals surface area contributed by atoms with E-state index in [1.807, 2.05) is 0 Å². The monoisotopic (exact) mass is 300 g/mol. The molecule has 0 aliphatic rings. The van der Waals surface area contributed by atoms with Crippen molar-refractivity contribution < 1.29 is 9.90 Å². The summed E-state index contributed by atoms with van der Waals surface area (Å²) in [4.78, 5) is 10.3. The van der Waals surface area contributed by atoms with Gasteiger partial charge in [-0.15, -0.1) is 11.8 Å². The third-order valence-electron chi connectivity index (χ3n) is 3.08. The van der Waals surface area contributed by atoms with Gasteiger partial charge in [-0.25, -0.2) is 0 Å². The summed E-state index contributed by atoms with van der Waals surface area (Å²) in [5.74, 6) is 17.7. The molecule has 0 atom stereocenters. The van der Waals surface area contributed by atoms with Gasteiger partial charge in [-0.2, -0.15) is 0 Å². The number of hydrogen-bond acceptors (Lipinski definition) is 1. The Morgan fingerprint density at radius 2 is 1.23 bits per heavy atom. The smallest absolute Gasteiger partial charge is 0.303 e. The van der Waals surface area contributed by atoms with Crippen LogP contribution in [0.1, 0.15) is 84.0 Å². The average Bonchev–Trinajstić information content (AvgIpc) is 2.50. The molecule has 0 saturated carbocycles. The van der Waals surface area contributed by atoms with Crippen molar-refractivity contribution in [2.24, 2.45) is 0 Å². The molecule has 0 saturated heterocycles. The van der Waals surface area contributed by atoms with Gasteiger partial charge in [0, 0.05) is 19.3 Å². The zero-order valence-electron chi connectivity index (χ0n) is 13.8. The van der Waals surface area contributed by atoms with Crippen molar-refractivity contribution in [2.75, 3.05) is 0 Å². The van der Waals surface area contributed by atoms with E-state index in [2.05, 4.69) is 42.4 Å². The molecule has 0 heterocycles. The van der Waals surface area contributed by atoms with E-state index in [0.717, 1.165) is 44.9 Å². The van der Waals surface area contributed by atoms with Crippen LogP contribution >= 0.6 is 0 Å². The van der Waals surface area contributed by atoms with Crippen molar-refractivity contribution in [2.45, 2.75) is 84.0 Å². The van der Waals surface area contributed by atoms with Crippen LogP contribution in [0.4, 0.5) is 0 Å². The quantitative estimate of drug-likeness (QED) is 0.491. The molecule has 0 aromatic rings. The van der Waals surface area contributed by atoms with E-state index < -0.39 is 5.97 Å². The third kappa shape index (κ3) is 18.1. The minimum absolute atomic E-state index is 0.293. The van der Waals surface area contributed by atoms with Crippen molar-refractivity contribution in [1.82, 2.24) is 0 Å². The van der Waals surface area contributed by atoms with Gasteiger partial charge in [0.1, 0.15) is 0 Å². The first-order valence-corrected chi connectivity index (χ1v) is 8.36. The molecule has 2 nitrogen and oxygen atoms in total. The van der Waals surface area contributed by atoms with Gasteiger partial charge in [0.15, 0.2) is 0 Å². The van der Waals surface area contributed by atoms with E-state index in [0.29, 0.717) is 19.3 Å². The zero-order chi connectivity index (χ0) is 16.3. The fourth-order valence-electron chi connectivity index (χ4n) is 1.80. The van der Waals surface area contributed by atoms with E-state index in [-0.39, 0.29) is 0 Å². The summed E-state index contributed by atoms with van der Waals surface area (Å²) in [6.45, 7) is 2.17. The van der Waals surface area contributed by atoms with Crippen molar-refractivity contribution in [1.29, 1.82) is 0 Å². The molecule has 120 valence electrons. The maximum Gasteiger partial charge on any atom is 0.303 e. The van der Waals surface area contributed by atoms with Gasteiger partial charge < -0.3 is 5.11 Å². The predicted octanol–water partition coefficient (Wildman–Crippen LogP) is 4.78. The molecule has 0 unspecified atom stereocenters. The summed E-state index contributed by atoms with van der Waals surface area (Å²) >= 11 is 0. The third-order valence-corrected chi connectivity index (χ3v) is 3.08. The van der Waals surface area contributed by atoms with Crippen LogP contribution in [0.5, 0.6) is 0 Å². The van der Waals surface area contributed by atoms with Crippen LogP contribution in [-0.2, 0) is 4.79 Å². The Kier molecular flexibility index (Phi) is 15.8. The first-order valence-electron chi connectivity index (χ1n) is 8.36. The number of carboxylic acid groups (broad SMARTS) is 1. The molecule has 0 bridgehead atoms. The molecule has 0 amide bonds. The summed E-state index contributed by atoms with van der Waals surface area (Å²) in [5.41, 5.74) is 0. The minimum atomic E-state index is -0.695. The lowest BCUT2D eigenvalue weighted by Gasteiger charge is -1.97. The molecule has 2 heteroatoms. The second-order valence-corrected chi connectivity index (χ2v) is 5.18. The Morgan fingerprint density at radius 3 is 1.82 bits per heavy atom. The molecule has 0 spiro atoms. The molecule has 0 radical (unpaired) electrons. The largest absolute Gasteiger partial charge is 0.481 e. The van der Waals surface area contributed by atoms with Gasteiger partial charge in [-0.3, -0.25) is 4.79 Å². The van der Waals surface area contributed by atoms with E-state index >= 15 is 0 Å².